The van der Waals surface area contributed by atoms with E-state index < -0.39 is 0 Å². The molecule has 3 heterocycles. The summed E-state index contributed by atoms with van der Waals surface area (Å²) < 4.78 is 7.66. The van der Waals surface area contributed by atoms with Gasteiger partial charge in [-0.3, -0.25) is 4.79 Å². The fourth-order valence-electron chi connectivity index (χ4n) is 3.91. The van der Waals surface area contributed by atoms with Crippen molar-refractivity contribution in [3.8, 4) is 11.4 Å². The third kappa shape index (κ3) is 3.35. The number of carbonyl (C=O) groups is 1. The van der Waals surface area contributed by atoms with Crippen LogP contribution < -0.4 is 4.90 Å². The highest BCUT2D eigenvalue weighted by Crippen LogP contribution is 2.33. The van der Waals surface area contributed by atoms with E-state index >= 15 is 0 Å². The summed E-state index contributed by atoms with van der Waals surface area (Å²) in [5.74, 6) is 0.847. The van der Waals surface area contributed by atoms with E-state index in [-0.39, 0.29) is 11.8 Å². The first-order valence-electron chi connectivity index (χ1n) is 9.97. The first-order valence-corrected chi connectivity index (χ1v) is 10.3. The van der Waals surface area contributed by atoms with Gasteiger partial charge in [0.15, 0.2) is 0 Å². The zero-order chi connectivity index (χ0) is 20.7. The van der Waals surface area contributed by atoms with Gasteiger partial charge in [-0.05, 0) is 42.8 Å². The molecule has 0 unspecified atom stereocenters. The van der Waals surface area contributed by atoms with E-state index in [0.717, 1.165) is 35.2 Å². The summed E-state index contributed by atoms with van der Waals surface area (Å²) in [7, 11) is 0. The molecular weight excluding hydrogens is 402 g/mol. The molecule has 0 bridgehead atoms. The minimum Gasteiger partial charge on any atom is -0.339 e. The molecule has 1 amide bonds. The maximum absolute atomic E-state index is 12.5. The fourth-order valence-corrected chi connectivity index (χ4v) is 4.09. The summed E-state index contributed by atoms with van der Waals surface area (Å²) in [6.07, 6.45) is 3.23. The zero-order valence-corrected chi connectivity index (χ0v) is 17.2. The largest absolute Gasteiger partial charge is 0.339 e. The molecule has 1 saturated heterocycles. The highest BCUT2D eigenvalue weighted by atomic mass is 35.5. The van der Waals surface area contributed by atoms with E-state index in [1.807, 2.05) is 36.7 Å². The predicted octanol–water partition coefficient (Wildman–Crippen LogP) is 4.67. The molecule has 1 aliphatic rings. The average molecular weight is 422 g/mol. The van der Waals surface area contributed by atoms with Crippen LogP contribution in [-0.4, -0.2) is 32.1 Å². The Labute approximate surface area is 178 Å². The number of aromatic nitrogens is 4. The molecule has 1 fully saturated rings. The van der Waals surface area contributed by atoms with Crippen molar-refractivity contribution in [3.05, 3.63) is 59.7 Å². The zero-order valence-electron chi connectivity index (χ0n) is 16.5. The summed E-state index contributed by atoms with van der Waals surface area (Å²) in [6.45, 7) is 3.56. The van der Waals surface area contributed by atoms with Gasteiger partial charge in [-0.2, -0.15) is 4.98 Å². The molecule has 1 atom stereocenters. The molecule has 7 nitrogen and oxygen atoms in total. The molecule has 0 saturated carbocycles. The normalized spacial score (nSPS) is 16.7. The van der Waals surface area contributed by atoms with Crippen molar-refractivity contribution in [1.29, 1.82) is 0 Å². The molecule has 0 aliphatic carbocycles. The Balaban J connectivity index is 1.38. The van der Waals surface area contributed by atoms with E-state index in [4.69, 9.17) is 16.1 Å². The number of hydrogen-bond acceptors (Lipinski definition) is 5. The first kappa shape index (κ1) is 18.8. The lowest BCUT2D eigenvalue weighted by Gasteiger charge is -2.16. The van der Waals surface area contributed by atoms with Crippen LogP contribution in [0.15, 0.2) is 53.3 Å². The Morgan fingerprint density at radius 2 is 2.13 bits per heavy atom. The molecule has 152 valence electrons. The predicted molar refractivity (Wildman–Crippen MR) is 114 cm³/mol. The summed E-state index contributed by atoms with van der Waals surface area (Å²) in [6, 6.07) is 13.3. The average Bonchev–Trinajstić information content (AvgIpc) is 3.46. The van der Waals surface area contributed by atoms with E-state index in [0.29, 0.717) is 29.7 Å². The van der Waals surface area contributed by atoms with Crippen molar-refractivity contribution in [1.82, 2.24) is 19.7 Å². The van der Waals surface area contributed by atoms with Crippen molar-refractivity contribution in [2.45, 2.75) is 32.2 Å². The van der Waals surface area contributed by atoms with Crippen LogP contribution in [0.5, 0.6) is 0 Å². The van der Waals surface area contributed by atoms with Gasteiger partial charge in [-0.1, -0.05) is 29.7 Å². The highest BCUT2D eigenvalue weighted by Gasteiger charge is 2.35. The summed E-state index contributed by atoms with van der Waals surface area (Å²) in [5.41, 5.74) is 3.61. The number of fused-ring (bicyclic) bond motifs is 1. The van der Waals surface area contributed by atoms with E-state index in [2.05, 4.69) is 26.6 Å². The molecular formula is C22H20ClN5O2. The van der Waals surface area contributed by atoms with E-state index in [9.17, 15) is 4.79 Å². The number of anilines is 1. The van der Waals surface area contributed by atoms with Crippen LogP contribution in [0.4, 0.5) is 5.69 Å². The third-order valence-corrected chi connectivity index (χ3v) is 5.61. The van der Waals surface area contributed by atoms with Gasteiger partial charge in [0.1, 0.15) is 0 Å². The highest BCUT2D eigenvalue weighted by molar-refractivity contribution is 6.30. The van der Waals surface area contributed by atoms with Crippen LogP contribution in [0.3, 0.4) is 0 Å². The monoisotopic (exact) mass is 421 g/mol. The molecule has 1 aliphatic heterocycles. The topological polar surface area (TPSA) is 77.0 Å². The van der Waals surface area contributed by atoms with Gasteiger partial charge in [-0.25, -0.2) is 4.98 Å². The quantitative estimate of drug-likeness (QED) is 0.468. The maximum Gasteiger partial charge on any atom is 0.232 e. The summed E-state index contributed by atoms with van der Waals surface area (Å²) in [5, 5.41) is 4.74. The lowest BCUT2D eigenvalue weighted by molar-refractivity contribution is -0.117. The van der Waals surface area contributed by atoms with Gasteiger partial charge in [0.2, 0.25) is 17.6 Å². The van der Waals surface area contributed by atoms with Crippen molar-refractivity contribution in [2.75, 3.05) is 11.4 Å². The third-order valence-electron chi connectivity index (χ3n) is 5.38. The van der Waals surface area contributed by atoms with Crippen LogP contribution in [0.25, 0.3) is 22.4 Å². The Hall–Kier alpha value is -3.19. The maximum atomic E-state index is 12.5. The van der Waals surface area contributed by atoms with E-state index in [1.54, 1.807) is 17.0 Å². The van der Waals surface area contributed by atoms with Gasteiger partial charge in [0, 0.05) is 35.8 Å². The molecule has 0 N–H and O–H groups in total. The molecule has 2 aromatic heterocycles. The van der Waals surface area contributed by atoms with Crippen LogP contribution in [0, 0.1) is 0 Å². The van der Waals surface area contributed by atoms with Crippen molar-refractivity contribution in [2.24, 2.45) is 0 Å². The number of amides is 1. The second-order valence-corrected chi connectivity index (χ2v) is 7.92. The fraction of sp³-hybridized carbons (Fsp3) is 0.273. The van der Waals surface area contributed by atoms with Crippen molar-refractivity contribution in [3.63, 3.8) is 0 Å². The minimum atomic E-state index is -0.148. The molecule has 4 aromatic rings. The second kappa shape index (κ2) is 7.57. The molecule has 0 radical (unpaired) electrons. The first-order chi connectivity index (χ1) is 14.6. The molecule has 2 aromatic carbocycles. The van der Waals surface area contributed by atoms with Crippen LogP contribution in [-0.2, 0) is 11.3 Å². The van der Waals surface area contributed by atoms with Gasteiger partial charge >= 0.3 is 0 Å². The number of carbonyl (C=O) groups excluding carboxylic acids is 1. The summed E-state index contributed by atoms with van der Waals surface area (Å²) in [4.78, 5) is 23.3. The van der Waals surface area contributed by atoms with Gasteiger partial charge in [-0.15, -0.1) is 0 Å². The van der Waals surface area contributed by atoms with Gasteiger partial charge in [0.25, 0.3) is 0 Å². The molecule has 8 heteroatoms. The van der Waals surface area contributed by atoms with Crippen molar-refractivity contribution >= 4 is 34.2 Å². The Morgan fingerprint density at radius 3 is 2.97 bits per heavy atom. The summed E-state index contributed by atoms with van der Waals surface area (Å²) >= 11 is 6.07. The SMILES string of the molecule is CCCn1cnc2cc(-c3noc([C@@H]4CC(=O)N(c5cccc(Cl)c5)C4)n3)ccc21. The molecule has 5 rings (SSSR count). The van der Waals surface area contributed by atoms with E-state index in [1.165, 1.54) is 0 Å². The number of benzene rings is 2. The van der Waals surface area contributed by atoms with Crippen molar-refractivity contribution < 1.29 is 9.32 Å². The van der Waals surface area contributed by atoms with Gasteiger partial charge < -0.3 is 14.0 Å². The van der Waals surface area contributed by atoms with Crippen LogP contribution >= 0.6 is 11.6 Å². The standard InChI is InChI=1S/C22H20ClN5O2/c1-2-8-27-13-24-18-9-14(6-7-19(18)27)21-25-22(30-26-21)15-10-20(29)28(12-15)17-5-3-4-16(23)11-17/h3-7,9,11,13,15H,2,8,10,12H2,1H3/t15-/m1/s1. The second-order valence-electron chi connectivity index (χ2n) is 7.48. The smallest absolute Gasteiger partial charge is 0.232 e. The number of hydrogen-bond donors (Lipinski definition) is 0. The van der Waals surface area contributed by atoms with Crippen LogP contribution in [0.1, 0.15) is 31.6 Å². The molecule has 0 spiro atoms. The lowest BCUT2D eigenvalue weighted by atomic mass is 10.1. The Morgan fingerprint density at radius 1 is 1.23 bits per heavy atom. The Bertz CT molecular complexity index is 1230. The number of halogens is 1. The number of aryl methyl sites for hydroxylation is 1. The number of imidazole rings is 1. The Kier molecular flexibility index (Phi) is 4.75. The number of nitrogens with zero attached hydrogens (tertiary/aromatic N) is 5. The minimum absolute atomic E-state index is 0.0184. The lowest BCUT2D eigenvalue weighted by Crippen LogP contribution is -2.24. The van der Waals surface area contributed by atoms with Gasteiger partial charge in [0.05, 0.1) is 23.3 Å². The molecule has 30 heavy (non-hydrogen) atoms. The number of rotatable bonds is 5. The van der Waals surface area contributed by atoms with Crippen LogP contribution in [0.2, 0.25) is 5.02 Å².